The van der Waals surface area contributed by atoms with Crippen LogP contribution in [0.4, 0.5) is 11.4 Å². The van der Waals surface area contributed by atoms with Gasteiger partial charge in [-0.15, -0.1) is 0 Å². The van der Waals surface area contributed by atoms with Crippen molar-refractivity contribution in [2.24, 2.45) is 0 Å². The maximum Gasteiger partial charge on any atom is 0.338 e. The molecule has 8 nitrogen and oxygen atoms in total. The van der Waals surface area contributed by atoms with Crippen LogP contribution < -0.4 is 10.1 Å². The van der Waals surface area contributed by atoms with Crippen molar-refractivity contribution >= 4 is 34.9 Å². The molecule has 0 saturated carbocycles. The molecule has 0 bridgehead atoms. The maximum atomic E-state index is 12.1. The van der Waals surface area contributed by atoms with E-state index in [1.54, 1.807) is 24.3 Å². The molecule has 0 unspecified atom stereocenters. The van der Waals surface area contributed by atoms with Crippen LogP contribution in [-0.4, -0.2) is 23.4 Å². The van der Waals surface area contributed by atoms with Gasteiger partial charge in [0.15, 0.2) is 6.61 Å². The van der Waals surface area contributed by atoms with Gasteiger partial charge in [0.1, 0.15) is 5.75 Å². The molecule has 0 aliphatic heterocycles. The third kappa shape index (κ3) is 5.55. The normalized spacial score (nSPS) is 10.2. The molecule has 9 heteroatoms. The van der Waals surface area contributed by atoms with Gasteiger partial charge in [0, 0.05) is 16.8 Å². The lowest BCUT2D eigenvalue weighted by molar-refractivity contribution is -0.385. The molecule has 0 aromatic heterocycles. The first-order chi connectivity index (χ1) is 14.4. The van der Waals surface area contributed by atoms with Gasteiger partial charge >= 0.3 is 11.7 Å². The Labute approximate surface area is 176 Å². The number of hydrogen-bond donors (Lipinski definition) is 1. The molecular weight excluding hydrogens is 412 g/mol. The van der Waals surface area contributed by atoms with Crippen LogP contribution in [0.5, 0.6) is 11.5 Å². The van der Waals surface area contributed by atoms with Gasteiger partial charge in [-0.3, -0.25) is 14.9 Å². The minimum Gasteiger partial charge on any atom is -0.452 e. The molecule has 30 heavy (non-hydrogen) atoms. The molecule has 0 heterocycles. The summed E-state index contributed by atoms with van der Waals surface area (Å²) in [6.45, 7) is -0.442. The molecule has 0 atom stereocenters. The fraction of sp³-hybridized carbons (Fsp3) is 0.0476. The van der Waals surface area contributed by atoms with E-state index in [9.17, 15) is 19.7 Å². The number of carbonyl (C=O) groups is 2. The van der Waals surface area contributed by atoms with Crippen molar-refractivity contribution in [3.8, 4) is 11.5 Å². The third-order valence-corrected chi connectivity index (χ3v) is 4.06. The Bertz CT molecular complexity index is 1070. The van der Waals surface area contributed by atoms with Crippen LogP contribution in [0, 0.1) is 10.1 Å². The van der Waals surface area contributed by atoms with Crippen LogP contribution in [-0.2, 0) is 9.53 Å². The van der Waals surface area contributed by atoms with Crippen molar-refractivity contribution in [1.29, 1.82) is 0 Å². The zero-order valence-corrected chi connectivity index (χ0v) is 16.2. The largest absolute Gasteiger partial charge is 0.452 e. The molecule has 3 aromatic rings. The van der Waals surface area contributed by atoms with Crippen molar-refractivity contribution in [1.82, 2.24) is 0 Å². The maximum absolute atomic E-state index is 12.1. The summed E-state index contributed by atoms with van der Waals surface area (Å²) in [5.74, 6) is -0.872. The monoisotopic (exact) mass is 426 g/mol. The number of nitro groups is 1. The van der Waals surface area contributed by atoms with Crippen molar-refractivity contribution in [2.45, 2.75) is 0 Å². The summed E-state index contributed by atoms with van der Waals surface area (Å²) in [6.07, 6.45) is 0. The lowest BCUT2D eigenvalue weighted by Gasteiger charge is -2.08. The molecule has 0 aliphatic carbocycles. The number of nitrogens with zero attached hydrogens (tertiary/aromatic N) is 1. The first-order valence-corrected chi connectivity index (χ1v) is 9.04. The summed E-state index contributed by atoms with van der Waals surface area (Å²) >= 11 is 5.78. The summed E-state index contributed by atoms with van der Waals surface area (Å²) in [7, 11) is 0. The van der Waals surface area contributed by atoms with E-state index in [-0.39, 0.29) is 27.8 Å². The molecule has 0 fully saturated rings. The molecule has 0 saturated heterocycles. The zero-order valence-electron chi connectivity index (χ0n) is 15.4. The number of hydrogen-bond acceptors (Lipinski definition) is 6. The minimum atomic E-state index is -0.692. The van der Waals surface area contributed by atoms with Crippen LogP contribution in [0.25, 0.3) is 0 Å². The smallest absolute Gasteiger partial charge is 0.338 e. The second kappa shape index (κ2) is 9.53. The number of anilines is 1. The Balaban J connectivity index is 1.58. The van der Waals surface area contributed by atoms with E-state index in [1.165, 1.54) is 42.5 Å². The SMILES string of the molecule is O=C(COC(=O)c1ccc(Oc2ccc(Cl)cc2[N+](=O)[O-])cc1)Nc1ccccc1. The highest BCUT2D eigenvalue weighted by atomic mass is 35.5. The van der Waals surface area contributed by atoms with Crippen LogP contribution in [0.15, 0.2) is 72.8 Å². The highest BCUT2D eigenvalue weighted by molar-refractivity contribution is 6.30. The lowest BCUT2D eigenvalue weighted by atomic mass is 10.2. The molecule has 0 radical (unpaired) electrons. The second-order valence-corrected chi connectivity index (χ2v) is 6.42. The number of para-hydroxylation sites is 1. The third-order valence-electron chi connectivity index (χ3n) is 3.83. The van der Waals surface area contributed by atoms with E-state index < -0.39 is 23.4 Å². The summed E-state index contributed by atoms with van der Waals surface area (Å²) in [5.41, 5.74) is 0.507. The number of nitrogens with one attached hydrogen (secondary N) is 1. The Hall–Kier alpha value is -3.91. The number of rotatable bonds is 7. The molecule has 0 aliphatic rings. The standard InChI is InChI=1S/C21H15ClN2O6/c22-15-8-11-19(18(12-15)24(27)28)30-17-9-6-14(7-10-17)21(26)29-13-20(25)23-16-4-2-1-3-5-16/h1-12H,13H2,(H,23,25). The van der Waals surface area contributed by atoms with Crippen LogP contribution in [0.3, 0.4) is 0 Å². The molecule has 152 valence electrons. The first kappa shape index (κ1) is 20.8. The summed E-state index contributed by atoms with van der Waals surface area (Å²) in [4.78, 5) is 34.5. The number of carbonyl (C=O) groups excluding carboxylic acids is 2. The number of amides is 1. The van der Waals surface area contributed by atoms with Crippen molar-refractivity contribution in [3.05, 3.63) is 93.5 Å². The number of ether oxygens (including phenoxy) is 2. The number of nitro benzene ring substituents is 1. The van der Waals surface area contributed by atoms with Crippen LogP contribution >= 0.6 is 11.6 Å². The van der Waals surface area contributed by atoms with Crippen molar-refractivity contribution in [2.75, 3.05) is 11.9 Å². The topological polar surface area (TPSA) is 108 Å². The van der Waals surface area contributed by atoms with Gasteiger partial charge in [0.25, 0.3) is 5.91 Å². The Morgan fingerprint density at radius 2 is 1.70 bits per heavy atom. The molecule has 3 aromatic carbocycles. The quantitative estimate of drug-likeness (QED) is 0.329. The van der Waals surface area contributed by atoms with Gasteiger partial charge in [-0.25, -0.2) is 4.79 Å². The highest BCUT2D eigenvalue weighted by Gasteiger charge is 2.17. The van der Waals surface area contributed by atoms with E-state index in [0.717, 1.165) is 0 Å². The highest BCUT2D eigenvalue weighted by Crippen LogP contribution is 2.33. The Morgan fingerprint density at radius 1 is 1.00 bits per heavy atom. The molecule has 0 spiro atoms. The van der Waals surface area contributed by atoms with Gasteiger partial charge in [0.05, 0.1) is 10.5 Å². The van der Waals surface area contributed by atoms with Crippen LogP contribution in [0.1, 0.15) is 10.4 Å². The number of esters is 1. The molecular formula is C21H15ClN2O6. The van der Waals surface area contributed by atoms with Gasteiger partial charge in [0.2, 0.25) is 5.75 Å². The van der Waals surface area contributed by atoms with Gasteiger partial charge in [-0.05, 0) is 48.5 Å². The fourth-order valence-corrected chi connectivity index (χ4v) is 2.60. The first-order valence-electron chi connectivity index (χ1n) is 8.66. The van der Waals surface area contributed by atoms with Crippen molar-refractivity contribution < 1.29 is 24.0 Å². The lowest BCUT2D eigenvalue weighted by Crippen LogP contribution is -2.20. The number of halogens is 1. The van der Waals surface area contributed by atoms with E-state index in [0.29, 0.717) is 5.69 Å². The average molecular weight is 427 g/mol. The molecule has 3 rings (SSSR count). The minimum absolute atomic E-state index is 0.0114. The Morgan fingerprint density at radius 3 is 2.37 bits per heavy atom. The summed E-state index contributed by atoms with van der Waals surface area (Å²) in [5, 5.41) is 13.9. The summed E-state index contributed by atoms with van der Waals surface area (Å²) < 4.78 is 10.5. The predicted molar refractivity (Wildman–Crippen MR) is 110 cm³/mol. The fourth-order valence-electron chi connectivity index (χ4n) is 2.44. The predicted octanol–water partition coefficient (Wildman–Crippen LogP) is 4.84. The van der Waals surface area contributed by atoms with Gasteiger partial charge < -0.3 is 14.8 Å². The molecule has 1 amide bonds. The van der Waals surface area contributed by atoms with Gasteiger partial charge in [-0.2, -0.15) is 0 Å². The average Bonchev–Trinajstić information content (AvgIpc) is 2.74. The van der Waals surface area contributed by atoms with Crippen LogP contribution in [0.2, 0.25) is 5.02 Å². The second-order valence-electron chi connectivity index (χ2n) is 5.99. The zero-order chi connectivity index (χ0) is 21.5. The Kier molecular flexibility index (Phi) is 6.61. The van der Waals surface area contributed by atoms with E-state index in [1.807, 2.05) is 6.07 Å². The van der Waals surface area contributed by atoms with Gasteiger partial charge in [-0.1, -0.05) is 29.8 Å². The number of benzene rings is 3. The molecule has 1 N–H and O–H groups in total. The van der Waals surface area contributed by atoms with Crippen molar-refractivity contribution in [3.63, 3.8) is 0 Å². The van der Waals surface area contributed by atoms with E-state index in [4.69, 9.17) is 21.1 Å². The summed E-state index contributed by atoms with van der Waals surface area (Å²) in [6, 6.07) is 18.6. The van der Waals surface area contributed by atoms with E-state index in [2.05, 4.69) is 5.32 Å². The van der Waals surface area contributed by atoms with E-state index >= 15 is 0 Å².